The number of hydrogen-bond acceptors (Lipinski definition) is 4. The van der Waals surface area contributed by atoms with Crippen molar-refractivity contribution < 1.29 is 4.79 Å². The Morgan fingerprint density at radius 2 is 2.20 bits per heavy atom. The average Bonchev–Trinajstić information content (AvgIpc) is 2.84. The molecule has 0 atom stereocenters. The lowest BCUT2D eigenvalue weighted by molar-refractivity contribution is 0.0954. The second-order valence-corrected chi connectivity index (χ2v) is 4.73. The van der Waals surface area contributed by atoms with Crippen LogP contribution >= 0.6 is 12.2 Å². The van der Waals surface area contributed by atoms with Crippen LogP contribution in [0.2, 0.25) is 0 Å². The molecule has 0 radical (unpaired) electrons. The predicted molar refractivity (Wildman–Crippen MR) is 79.4 cm³/mol. The van der Waals surface area contributed by atoms with Gasteiger partial charge in [-0.1, -0.05) is 24.4 Å². The third-order valence-corrected chi connectivity index (χ3v) is 2.93. The third kappa shape index (κ3) is 3.61. The minimum absolute atomic E-state index is 0.168. The number of hydrogen-bond donors (Lipinski definition) is 2. The third-order valence-electron chi connectivity index (χ3n) is 2.69. The van der Waals surface area contributed by atoms with Crippen molar-refractivity contribution in [3.63, 3.8) is 0 Å². The molecule has 6 nitrogen and oxygen atoms in total. The lowest BCUT2D eigenvalue weighted by Gasteiger charge is -2.05. The summed E-state index contributed by atoms with van der Waals surface area (Å²) in [5, 5.41) is 6.95. The Kier molecular flexibility index (Phi) is 4.41. The van der Waals surface area contributed by atoms with Crippen molar-refractivity contribution in [2.24, 2.45) is 12.8 Å². The maximum atomic E-state index is 12.0. The van der Waals surface area contributed by atoms with Crippen molar-refractivity contribution in [2.75, 3.05) is 6.54 Å². The van der Waals surface area contributed by atoms with E-state index in [1.807, 2.05) is 0 Å². The first-order valence-electron chi connectivity index (χ1n) is 6.09. The molecule has 0 aliphatic heterocycles. The number of nitrogens with one attached hydrogen (secondary N) is 1. The lowest BCUT2D eigenvalue weighted by Crippen LogP contribution is -2.26. The number of thiocarbonyl (C=S) groups is 1. The molecule has 1 aromatic heterocycles. The fourth-order valence-electron chi connectivity index (χ4n) is 1.70. The lowest BCUT2D eigenvalue weighted by atomic mass is 10.1. The Morgan fingerprint density at radius 3 is 2.85 bits per heavy atom. The first-order chi connectivity index (χ1) is 9.56. The molecule has 0 saturated carbocycles. The van der Waals surface area contributed by atoms with Crippen LogP contribution in [0.3, 0.4) is 0 Å². The van der Waals surface area contributed by atoms with Crippen LogP contribution in [0, 0.1) is 0 Å². The summed E-state index contributed by atoms with van der Waals surface area (Å²) in [4.78, 5) is 16.3. The maximum absolute atomic E-state index is 12.0. The maximum Gasteiger partial charge on any atom is 0.251 e. The van der Waals surface area contributed by atoms with E-state index in [-0.39, 0.29) is 10.9 Å². The quantitative estimate of drug-likeness (QED) is 0.779. The molecule has 0 fully saturated rings. The van der Waals surface area contributed by atoms with Crippen LogP contribution in [-0.4, -0.2) is 32.2 Å². The van der Waals surface area contributed by atoms with Gasteiger partial charge in [-0.3, -0.25) is 9.48 Å². The van der Waals surface area contributed by atoms with Crippen molar-refractivity contribution in [2.45, 2.75) is 6.42 Å². The van der Waals surface area contributed by atoms with Crippen molar-refractivity contribution in [1.29, 1.82) is 0 Å². The van der Waals surface area contributed by atoms with Crippen LogP contribution in [0.4, 0.5) is 0 Å². The minimum Gasteiger partial charge on any atom is -0.389 e. The van der Waals surface area contributed by atoms with Crippen molar-refractivity contribution in [3.8, 4) is 0 Å². The molecule has 2 aromatic rings. The van der Waals surface area contributed by atoms with Gasteiger partial charge in [0.05, 0.1) is 0 Å². The number of benzene rings is 1. The van der Waals surface area contributed by atoms with Gasteiger partial charge in [-0.2, -0.15) is 5.10 Å². The van der Waals surface area contributed by atoms with E-state index < -0.39 is 0 Å². The van der Waals surface area contributed by atoms with Crippen molar-refractivity contribution in [3.05, 3.63) is 47.5 Å². The standard InChI is InChI=1S/C13H15N5OS/c1-18-8-16-11(17-18)5-6-15-13(19)10-4-2-3-9(7-10)12(14)20/h2-4,7-8H,5-6H2,1H3,(H2,14,20)(H,15,19). The Hall–Kier alpha value is -2.28. The minimum atomic E-state index is -0.168. The van der Waals surface area contributed by atoms with Gasteiger partial charge in [0.15, 0.2) is 5.82 Å². The fourth-order valence-corrected chi connectivity index (χ4v) is 1.83. The molecule has 0 saturated heterocycles. The van der Waals surface area contributed by atoms with Gasteiger partial charge in [-0.15, -0.1) is 0 Å². The summed E-state index contributed by atoms with van der Waals surface area (Å²) in [6.45, 7) is 0.472. The number of nitrogens with zero attached hydrogens (tertiary/aromatic N) is 3. The van der Waals surface area contributed by atoms with Gasteiger partial charge in [0.1, 0.15) is 11.3 Å². The summed E-state index contributed by atoms with van der Waals surface area (Å²) in [5.74, 6) is 0.531. The van der Waals surface area contributed by atoms with Gasteiger partial charge in [0.25, 0.3) is 5.91 Å². The Morgan fingerprint density at radius 1 is 1.45 bits per heavy atom. The highest BCUT2D eigenvalue weighted by Gasteiger charge is 2.07. The fraction of sp³-hybridized carbons (Fsp3) is 0.231. The molecule has 104 valence electrons. The van der Waals surface area contributed by atoms with Gasteiger partial charge in [-0.25, -0.2) is 4.98 Å². The highest BCUT2D eigenvalue weighted by atomic mass is 32.1. The Bertz CT molecular complexity index is 637. The van der Waals surface area contributed by atoms with Gasteiger partial charge in [0.2, 0.25) is 0 Å². The van der Waals surface area contributed by atoms with E-state index in [9.17, 15) is 4.79 Å². The van der Waals surface area contributed by atoms with Crippen LogP contribution in [0.15, 0.2) is 30.6 Å². The van der Waals surface area contributed by atoms with E-state index in [4.69, 9.17) is 18.0 Å². The molecule has 0 aliphatic carbocycles. The van der Waals surface area contributed by atoms with Crippen LogP contribution < -0.4 is 11.1 Å². The summed E-state index contributed by atoms with van der Waals surface area (Å²) >= 11 is 4.89. The molecule has 20 heavy (non-hydrogen) atoms. The zero-order valence-electron chi connectivity index (χ0n) is 11.0. The number of rotatable bonds is 5. The van der Waals surface area contributed by atoms with Gasteiger partial charge in [0, 0.05) is 31.1 Å². The highest BCUT2D eigenvalue weighted by Crippen LogP contribution is 2.05. The molecule has 2 rings (SSSR count). The SMILES string of the molecule is Cn1cnc(CCNC(=O)c2cccc(C(N)=S)c2)n1. The molecule has 0 spiro atoms. The highest BCUT2D eigenvalue weighted by molar-refractivity contribution is 7.80. The Labute approximate surface area is 122 Å². The Balaban J connectivity index is 1.91. The molecule has 3 N–H and O–H groups in total. The molecule has 1 heterocycles. The predicted octanol–water partition coefficient (Wildman–Crippen LogP) is 0.422. The van der Waals surface area contributed by atoms with E-state index >= 15 is 0 Å². The van der Waals surface area contributed by atoms with Crippen molar-refractivity contribution in [1.82, 2.24) is 20.1 Å². The smallest absolute Gasteiger partial charge is 0.251 e. The van der Waals surface area contributed by atoms with Crippen LogP contribution in [0.5, 0.6) is 0 Å². The van der Waals surface area contributed by atoms with E-state index in [0.717, 1.165) is 0 Å². The molecule has 1 amide bonds. The van der Waals surface area contributed by atoms with E-state index in [1.54, 1.807) is 42.3 Å². The van der Waals surface area contributed by atoms with Crippen LogP contribution in [0.1, 0.15) is 21.7 Å². The number of aryl methyl sites for hydroxylation is 1. The number of aromatic nitrogens is 3. The number of amides is 1. The first-order valence-corrected chi connectivity index (χ1v) is 6.49. The summed E-state index contributed by atoms with van der Waals surface area (Å²) in [6.07, 6.45) is 2.21. The molecule has 1 aromatic carbocycles. The summed E-state index contributed by atoms with van der Waals surface area (Å²) < 4.78 is 1.63. The van der Waals surface area contributed by atoms with Gasteiger partial charge < -0.3 is 11.1 Å². The largest absolute Gasteiger partial charge is 0.389 e. The zero-order valence-corrected chi connectivity index (χ0v) is 11.9. The van der Waals surface area contributed by atoms with E-state index in [1.165, 1.54) is 0 Å². The molecule has 0 unspecified atom stereocenters. The molecule has 0 bridgehead atoms. The summed E-state index contributed by atoms with van der Waals surface area (Å²) in [7, 11) is 1.80. The second-order valence-electron chi connectivity index (χ2n) is 4.29. The monoisotopic (exact) mass is 289 g/mol. The number of carbonyl (C=O) groups excluding carboxylic acids is 1. The molecule has 7 heteroatoms. The summed E-state index contributed by atoms with van der Waals surface area (Å²) in [5.41, 5.74) is 6.75. The van der Waals surface area contributed by atoms with Crippen LogP contribution in [-0.2, 0) is 13.5 Å². The van der Waals surface area contributed by atoms with Gasteiger partial charge in [-0.05, 0) is 12.1 Å². The normalized spacial score (nSPS) is 10.2. The van der Waals surface area contributed by atoms with E-state index in [2.05, 4.69) is 15.4 Å². The van der Waals surface area contributed by atoms with Crippen LogP contribution in [0.25, 0.3) is 0 Å². The average molecular weight is 289 g/mol. The zero-order chi connectivity index (χ0) is 14.5. The molecule has 0 aliphatic rings. The first kappa shape index (κ1) is 14.1. The molecular weight excluding hydrogens is 274 g/mol. The molecular formula is C13H15N5OS. The summed E-state index contributed by atoms with van der Waals surface area (Å²) in [6, 6.07) is 6.92. The second kappa shape index (κ2) is 6.25. The van der Waals surface area contributed by atoms with E-state index in [0.29, 0.717) is 29.9 Å². The number of carbonyl (C=O) groups is 1. The van der Waals surface area contributed by atoms with Gasteiger partial charge >= 0.3 is 0 Å². The number of nitrogens with two attached hydrogens (primary N) is 1. The topological polar surface area (TPSA) is 85.8 Å². The van der Waals surface area contributed by atoms with Crippen molar-refractivity contribution >= 4 is 23.1 Å².